The minimum Gasteiger partial charge on any atom is -0.382 e. The number of allylic oxidation sites excluding steroid dienone is 2. The van der Waals surface area contributed by atoms with Crippen molar-refractivity contribution < 1.29 is 8.42 Å². The van der Waals surface area contributed by atoms with Crippen LogP contribution in [0.3, 0.4) is 0 Å². The van der Waals surface area contributed by atoms with Crippen LogP contribution in [0, 0.1) is 22.7 Å². The molecule has 0 aliphatic heterocycles. The topological polar surface area (TPSA) is 88.2 Å². The molecular formula is C10H14N4O2S. The molecule has 0 aromatic rings. The summed E-state index contributed by atoms with van der Waals surface area (Å²) in [5, 5.41) is 17.6. The van der Waals surface area contributed by atoms with Crippen molar-refractivity contribution in [3.05, 3.63) is 22.2 Å². The standard InChI is InChI=1S/C10H14N4O2S/c1-13(2)7-9(5-11)17(15,16)10(6-12)8-14(3)4/h7-8H,1-4H3. The lowest BCUT2D eigenvalue weighted by Crippen LogP contribution is -2.13. The fourth-order valence-electron chi connectivity index (χ4n) is 0.904. The van der Waals surface area contributed by atoms with Crippen LogP contribution in [0.2, 0.25) is 0 Å². The molecule has 0 radical (unpaired) electrons. The largest absolute Gasteiger partial charge is 0.382 e. The minimum absolute atomic E-state index is 0.461. The molecule has 0 rings (SSSR count). The van der Waals surface area contributed by atoms with Gasteiger partial charge in [0.15, 0.2) is 9.81 Å². The summed E-state index contributed by atoms with van der Waals surface area (Å²) in [6.07, 6.45) is 2.33. The number of sulfone groups is 1. The third kappa shape index (κ3) is 4.17. The van der Waals surface area contributed by atoms with Crippen LogP contribution in [0.1, 0.15) is 0 Å². The fourth-order valence-corrected chi connectivity index (χ4v) is 2.08. The van der Waals surface area contributed by atoms with Gasteiger partial charge < -0.3 is 9.80 Å². The molecule has 0 heterocycles. The highest BCUT2D eigenvalue weighted by Gasteiger charge is 2.24. The average Bonchev–Trinajstić information content (AvgIpc) is 2.21. The Labute approximate surface area is 102 Å². The zero-order chi connectivity index (χ0) is 13.6. The van der Waals surface area contributed by atoms with E-state index in [1.807, 2.05) is 0 Å². The fraction of sp³-hybridized carbons (Fsp3) is 0.400. The third-order valence-electron chi connectivity index (χ3n) is 1.55. The lowest BCUT2D eigenvalue weighted by atomic mass is 10.6. The molecule has 0 aliphatic carbocycles. The molecule has 0 atom stereocenters. The highest BCUT2D eigenvalue weighted by Crippen LogP contribution is 2.16. The molecule has 0 spiro atoms. The van der Waals surface area contributed by atoms with E-state index in [0.717, 1.165) is 12.4 Å². The molecule has 0 saturated carbocycles. The lowest BCUT2D eigenvalue weighted by molar-refractivity contribution is 0.556. The number of rotatable bonds is 4. The van der Waals surface area contributed by atoms with Crippen molar-refractivity contribution in [1.82, 2.24) is 9.80 Å². The number of hydrogen-bond acceptors (Lipinski definition) is 6. The molecule has 0 fully saturated rings. The first kappa shape index (κ1) is 15.0. The molecule has 0 aromatic carbocycles. The second-order valence-corrected chi connectivity index (χ2v) is 5.53. The zero-order valence-electron chi connectivity index (χ0n) is 10.2. The number of nitrogens with zero attached hydrogens (tertiary/aromatic N) is 4. The Hall–Kier alpha value is -1.99. The maximum absolute atomic E-state index is 11.9. The van der Waals surface area contributed by atoms with Crippen molar-refractivity contribution in [2.24, 2.45) is 0 Å². The van der Waals surface area contributed by atoms with Crippen LogP contribution in [-0.4, -0.2) is 46.4 Å². The van der Waals surface area contributed by atoms with Crippen molar-refractivity contribution in [2.75, 3.05) is 28.2 Å². The van der Waals surface area contributed by atoms with Gasteiger partial charge in [-0.15, -0.1) is 0 Å². The maximum atomic E-state index is 11.9. The zero-order valence-corrected chi connectivity index (χ0v) is 11.0. The summed E-state index contributed by atoms with van der Waals surface area (Å²) >= 11 is 0. The minimum atomic E-state index is -4.04. The molecule has 0 N–H and O–H groups in total. The van der Waals surface area contributed by atoms with E-state index < -0.39 is 19.6 Å². The molecule has 0 aromatic heterocycles. The van der Waals surface area contributed by atoms with Gasteiger partial charge in [0.25, 0.3) is 0 Å². The van der Waals surface area contributed by atoms with Crippen LogP contribution in [0.15, 0.2) is 22.2 Å². The van der Waals surface area contributed by atoms with E-state index in [0.29, 0.717) is 0 Å². The van der Waals surface area contributed by atoms with E-state index in [9.17, 15) is 8.42 Å². The van der Waals surface area contributed by atoms with Gasteiger partial charge in [-0.3, -0.25) is 0 Å². The SMILES string of the molecule is CN(C)C=C(C#N)S(=O)(=O)C(C#N)=CN(C)C. The summed E-state index contributed by atoms with van der Waals surface area (Å²) in [5.74, 6) is 0. The number of nitriles is 2. The molecule has 0 amide bonds. The Morgan fingerprint density at radius 3 is 1.41 bits per heavy atom. The monoisotopic (exact) mass is 254 g/mol. The van der Waals surface area contributed by atoms with Gasteiger partial charge in [0, 0.05) is 40.6 Å². The Balaban J connectivity index is 5.73. The molecule has 0 bridgehead atoms. The van der Waals surface area contributed by atoms with E-state index in [1.165, 1.54) is 9.80 Å². The second-order valence-electron chi connectivity index (χ2n) is 3.64. The van der Waals surface area contributed by atoms with Crippen LogP contribution < -0.4 is 0 Å². The van der Waals surface area contributed by atoms with E-state index in [1.54, 1.807) is 40.3 Å². The van der Waals surface area contributed by atoms with Gasteiger partial charge in [0.05, 0.1) is 0 Å². The van der Waals surface area contributed by atoms with Crippen molar-refractivity contribution in [1.29, 1.82) is 10.5 Å². The van der Waals surface area contributed by atoms with Gasteiger partial charge in [0.2, 0.25) is 9.84 Å². The van der Waals surface area contributed by atoms with Crippen molar-refractivity contribution in [3.8, 4) is 12.1 Å². The molecule has 0 unspecified atom stereocenters. The van der Waals surface area contributed by atoms with Gasteiger partial charge in [-0.1, -0.05) is 0 Å². The van der Waals surface area contributed by atoms with Crippen molar-refractivity contribution in [3.63, 3.8) is 0 Å². The average molecular weight is 254 g/mol. The van der Waals surface area contributed by atoms with Gasteiger partial charge in [-0.25, -0.2) is 8.42 Å². The maximum Gasteiger partial charge on any atom is 0.229 e. The van der Waals surface area contributed by atoms with Crippen LogP contribution >= 0.6 is 0 Å². The normalized spacial score (nSPS) is 12.6. The predicted molar refractivity (Wildman–Crippen MR) is 63.7 cm³/mol. The molecule has 6 nitrogen and oxygen atoms in total. The summed E-state index contributed by atoms with van der Waals surface area (Å²) in [5.41, 5.74) is 0. The smallest absolute Gasteiger partial charge is 0.229 e. The molecule has 7 heteroatoms. The number of hydrogen-bond donors (Lipinski definition) is 0. The molecule has 0 aliphatic rings. The molecule has 92 valence electrons. The Bertz CT molecular complexity index is 473. The first-order valence-electron chi connectivity index (χ1n) is 4.57. The van der Waals surface area contributed by atoms with Crippen molar-refractivity contribution in [2.45, 2.75) is 0 Å². The molecule has 17 heavy (non-hydrogen) atoms. The van der Waals surface area contributed by atoms with Gasteiger partial charge >= 0.3 is 0 Å². The highest BCUT2D eigenvalue weighted by atomic mass is 32.2. The second kappa shape index (κ2) is 5.92. The Kier molecular flexibility index (Phi) is 5.23. The third-order valence-corrected chi connectivity index (χ3v) is 3.10. The van der Waals surface area contributed by atoms with E-state index >= 15 is 0 Å². The van der Waals surface area contributed by atoms with E-state index in [-0.39, 0.29) is 0 Å². The van der Waals surface area contributed by atoms with E-state index in [4.69, 9.17) is 10.5 Å². The quantitative estimate of drug-likeness (QED) is 0.668. The van der Waals surface area contributed by atoms with E-state index in [2.05, 4.69) is 0 Å². The first-order valence-corrected chi connectivity index (χ1v) is 6.05. The van der Waals surface area contributed by atoms with Crippen LogP contribution in [0.25, 0.3) is 0 Å². The van der Waals surface area contributed by atoms with Gasteiger partial charge in [-0.05, 0) is 0 Å². The highest BCUT2D eigenvalue weighted by molar-refractivity contribution is 7.99. The summed E-state index contributed by atoms with van der Waals surface area (Å²) in [7, 11) is 2.33. The Morgan fingerprint density at radius 2 is 1.24 bits per heavy atom. The summed E-state index contributed by atoms with van der Waals surface area (Å²) in [6, 6.07) is 3.17. The summed E-state index contributed by atoms with van der Waals surface area (Å²) < 4.78 is 23.9. The van der Waals surface area contributed by atoms with Gasteiger partial charge in [0.1, 0.15) is 12.1 Å². The molecular weight excluding hydrogens is 240 g/mol. The lowest BCUT2D eigenvalue weighted by Gasteiger charge is -2.09. The van der Waals surface area contributed by atoms with Crippen LogP contribution in [0.5, 0.6) is 0 Å². The van der Waals surface area contributed by atoms with Gasteiger partial charge in [-0.2, -0.15) is 10.5 Å². The summed E-state index contributed by atoms with van der Waals surface area (Å²) in [4.78, 5) is 1.94. The van der Waals surface area contributed by atoms with Crippen LogP contribution in [-0.2, 0) is 9.84 Å². The molecule has 0 saturated heterocycles. The van der Waals surface area contributed by atoms with Crippen LogP contribution in [0.4, 0.5) is 0 Å². The first-order chi connectivity index (χ1) is 7.75. The summed E-state index contributed by atoms with van der Waals surface area (Å²) in [6.45, 7) is 0. The van der Waals surface area contributed by atoms with Crippen molar-refractivity contribution >= 4 is 9.84 Å². The Morgan fingerprint density at radius 1 is 0.941 bits per heavy atom. The predicted octanol–water partition coefficient (Wildman–Crippen LogP) is 0.254.